The van der Waals surface area contributed by atoms with Gasteiger partial charge in [0.05, 0.1) is 20.3 Å². The zero-order valence-corrected chi connectivity index (χ0v) is 13.1. The summed E-state index contributed by atoms with van der Waals surface area (Å²) in [7, 11) is 3.11. The molecule has 0 fully saturated rings. The standard InChI is InChI=1S/C13H22N2O3S/c1-9(15-19(16)13(2,3)4)10-7-11(17-5)12(18-6)14-8-10/h7-9,15H,1-6H3/t9?,19-/m0/s1. The predicted octanol–water partition coefficient (Wildman–Crippen LogP) is 2.21. The molecule has 1 rings (SSSR count). The van der Waals surface area contributed by atoms with Crippen LogP contribution in [0.4, 0.5) is 0 Å². The predicted molar refractivity (Wildman–Crippen MR) is 76.8 cm³/mol. The molecule has 0 spiro atoms. The maximum Gasteiger partial charge on any atom is 0.256 e. The van der Waals surface area contributed by atoms with Gasteiger partial charge < -0.3 is 14.0 Å². The SMILES string of the molecule is COc1cc(C(C)N[S@@+]([O-])C(C)(C)C)cnc1OC. The van der Waals surface area contributed by atoms with E-state index in [4.69, 9.17) is 9.47 Å². The van der Waals surface area contributed by atoms with Crippen molar-refractivity contribution >= 4 is 11.4 Å². The van der Waals surface area contributed by atoms with E-state index in [0.29, 0.717) is 11.6 Å². The zero-order chi connectivity index (χ0) is 14.6. The average Bonchev–Trinajstić information content (AvgIpc) is 2.36. The molecule has 0 aromatic carbocycles. The van der Waals surface area contributed by atoms with Crippen LogP contribution in [0.5, 0.6) is 11.6 Å². The molecule has 1 aromatic rings. The van der Waals surface area contributed by atoms with E-state index >= 15 is 0 Å². The highest BCUT2D eigenvalue weighted by Crippen LogP contribution is 2.28. The second kappa shape index (κ2) is 6.45. The molecule has 0 bridgehead atoms. The van der Waals surface area contributed by atoms with Crippen LogP contribution in [0.15, 0.2) is 12.3 Å². The third kappa shape index (κ3) is 4.26. The lowest BCUT2D eigenvalue weighted by Crippen LogP contribution is -2.40. The third-order valence-electron chi connectivity index (χ3n) is 2.59. The Morgan fingerprint density at radius 1 is 1.32 bits per heavy atom. The third-order valence-corrected chi connectivity index (χ3v) is 4.27. The zero-order valence-electron chi connectivity index (χ0n) is 12.3. The Labute approximate surface area is 118 Å². The molecule has 2 atom stereocenters. The Kier molecular flexibility index (Phi) is 5.46. The molecule has 0 amide bonds. The van der Waals surface area contributed by atoms with Gasteiger partial charge in [0.25, 0.3) is 5.88 Å². The second-order valence-corrected chi connectivity index (χ2v) is 7.20. The van der Waals surface area contributed by atoms with Gasteiger partial charge in [-0.2, -0.15) is 0 Å². The van der Waals surface area contributed by atoms with Crippen molar-refractivity contribution in [1.82, 2.24) is 9.71 Å². The van der Waals surface area contributed by atoms with E-state index in [0.717, 1.165) is 5.56 Å². The molecule has 0 saturated heterocycles. The minimum atomic E-state index is -1.13. The topological polar surface area (TPSA) is 66.4 Å². The summed E-state index contributed by atoms with van der Waals surface area (Å²) in [5.41, 5.74) is 0.898. The molecule has 1 N–H and O–H groups in total. The van der Waals surface area contributed by atoms with Crippen LogP contribution in [-0.4, -0.2) is 28.5 Å². The average molecular weight is 286 g/mol. The minimum Gasteiger partial charge on any atom is -0.598 e. The lowest BCUT2D eigenvalue weighted by atomic mass is 10.1. The van der Waals surface area contributed by atoms with Crippen LogP contribution in [0.1, 0.15) is 39.3 Å². The summed E-state index contributed by atoms with van der Waals surface area (Å²) < 4.78 is 25.1. The number of ether oxygens (including phenoxy) is 2. The van der Waals surface area contributed by atoms with Crippen molar-refractivity contribution in [1.29, 1.82) is 0 Å². The van der Waals surface area contributed by atoms with Crippen molar-refractivity contribution < 1.29 is 14.0 Å². The molecule has 0 aliphatic heterocycles. The number of nitrogens with one attached hydrogen (secondary N) is 1. The van der Waals surface area contributed by atoms with Crippen LogP contribution >= 0.6 is 0 Å². The van der Waals surface area contributed by atoms with E-state index in [1.54, 1.807) is 20.4 Å². The van der Waals surface area contributed by atoms with Crippen LogP contribution in [0.3, 0.4) is 0 Å². The lowest BCUT2D eigenvalue weighted by molar-refractivity contribution is 0.342. The van der Waals surface area contributed by atoms with Gasteiger partial charge in [-0.25, -0.2) is 4.98 Å². The maximum atomic E-state index is 12.0. The molecule has 5 nitrogen and oxygen atoms in total. The van der Waals surface area contributed by atoms with Crippen LogP contribution in [0.2, 0.25) is 0 Å². The van der Waals surface area contributed by atoms with Gasteiger partial charge in [0.2, 0.25) is 0 Å². The number of rotatable bonds is 5. The van der Waals surface area contributed by atoms with Gasteiger partial charge in [-0.15, -0.1) is 4.72 Å². The first-order chi connectivity index (χ1) is 8.79. The molecular weight excluding hydrogens is 264 g/mol. The summed E-state index contributed by atoms with van der Waals surface area (Å²) >= 11 is -1.13. The van der Waals surface area contributed by atoms with Gasteiger partial charge in [-0.1, -0.05) is 0 Å². The molecule has 0 aliphatic rings. The summed E-state index contributed by atoms with van der Waals surface area (Å²) in [6, 6.07) is 1.75. The first-order valence-corrected chi connectivity index (χ1v) is 7.20. The number of nitrogens with zero attached hydrogens (tertiary/aromatic N) is 1. The van der Waals surface area contributed by atoms with Gasteiger partial charge >= 0.3 is 0 Å². The van der Waals surface area contributed by atoms with Gasteiger partial charge in [-0.05, 0) is 39.3 Å². The molecular formula is C13H22N2O3S. The molecule has 1 aromatic heterocycles. The molecule has 1 unspecified atom stereocenters. The van der Waals surface area contributed by atoms with Gasteiger partial charge in [0, 0.05) is 17.6 Å². The lowest BCUT2D eigenvalue weighted by Gasteiger charge is -2.26. The van der Waals surface area contributed by atoms with Gasteiger partial charge in [0.1, 0.15) is 4.75 Å². The van der Waals surface area contributed by atoms with Crippen LogP contribution in [0.25, 0.3) is 0 Å². The quantitative estimate of drug-likeness (QED) is 0.841. The number of hydrogen-bond acceptors (Lipinski definition) is 5. The highest BCUT2D eigenvalue weighted by molar-refractivity contribution is 7.90. The molecule has 1 heterocycles. The first-order valence-electron chi connectivity index (χ1n) is 6.05. The molecule has 108 valence electrons. The van der Waals surface area contributed by atoms with Crippen LogP contribution < -0.4 is 14.2 Å². The van der Waals surface area contributed by atoms with E-state index in [2.05, 4.69) is 9.71 Å². The monoisotopic (exact) mass is 286 g/mol. The Bertz CT molecular complexity index is 421. The van der Waals surface area contributed by atoms with E-state index in [-0.39, 0.29) is 10.8 Å². The summed E-state index contributed by atoms with van der Waals surface area (Å²) in [6.07, 6.45) is 1.69. The highest BCUT2D eigenvalue weighted by atomic mass is 32.2. The summed E-state index contributed by atoms with van der Waals surface area (Å²) in [5, 5.41) is 0. The molecule has 0 radical (unpaired) electrons. The van der Waals surface area contributed by atoms with Crippen molar-refractivity contribution in [3.05, 3.63) is 17.8 Å². The van der Waals surface area contributed by atoms with Crippen molar-refractivity contribution in [3.8, 4) is 11.6 Å². The molecule has 0 saturated carbocycles. The summed E-state index contributed by atoms with van der Waals surface area (Å²) in [5.74, 6) is 1.01. The van der Waals surface area contributed by atoms with Crippen molar-refractivity contribution in [2.45, 2.75) is 38.5 Å². The second-order valence-electron chi connectivity index (χ2n) is 5.20. The summed E-state index contributed by atoms with van der Waals surface area (Å²) in [6.45, 7) is 7.72. The van der Waals surface area contributed by atoms with Crippen molar-refractivity contribution in [3.63, 3.8) is 0 Å². The van der Waals surface area contributed by atoms with E-state index < -0.39 is 11.4 Å². The Hall–Kier alpha value is -0.980. The maximum absolute atomic E-state index is 12.0. The fourth-order valence-corrected chi connectivity index (χ4v) is 2.20. The molecule has 19 heavy (non-hydrogen) atoms. The van der Waals surface area contributed by atoms with E-state index in [1.807, 2.05) is 33.8 Å². The fourth-order valence-electron chi connectivity index (χ4n) is 1.39. The van der Waals surface area contributed by atoms with Crippen LogP contribution in [0, 0.1) is 0 Å². The first kappa shape index (κ1) is 16.1. The number of aromatic nitrogens is 1. The highest BCUT2D eigenvalue weighted by Gasteiger charge is 2.28. The van der Waals surface area contributed by atoms with Crippen molar-refractivity contribution in [2.75, 3.05) is 14.2 Å². The normalized spacial score (nSPS) is 14.9. The largest absolute Gasteiger partial charge is 0.598 e. The number of pyridine rings is 1. The van der Waals surface area contributed by atoms with E-state index in [9.17, 15) is 4.55 Å². The Morgan fingerprint density at radius 2 is 1.95 bits per heavy atom. The van der Waals surface area contributed by atoms with Gasteiger partial charge in [0.15, 0.2) is 5.75 Å². The smallest absolute Gasteiger partial charge is 0.256 e. The van der Waals surface area contributed by atoms with Crippen LogP contribution in [-0.2, 0) is 11.4 Å². The fraction of sp³-hybridized carbons (Fsp3) is 0.615. The Morgan fingerprint density at radius 3 is 2.42 bits per heavy atom. The Balaban J connectivity index is 2.85. The van der Waals surface area contributed by atoms with Gasteiger partial charge in [-0.3, -0.25) is 0 Å². The van der Waals surface area contributed by atoms with Crippen molar-refractivity contribution in [2.24, 2.45) is 0 Å². The number of hydrogen-bond donors (Lipinski definition) is 1. The van der Waals surface area contributed by atoms with E-state index in [1.165, 1.54) is 0 Å². The summed E-state index contributed by atoms with van der Waals surface area (Å²) in [4.78, 5) is 4.17. The molecule has 6 heteroatoms. The minimum absolute atomic E-state index is 0.0904. The number of methoxy groups -OCH3 is 2. The molecule has 0 aliphatic carbocycles.